The van der Waals surface area contributed by atoms with Gasteiger partial charge in [-0.25, -0.2) is 4.68 Å². The molecule has 0 spiro atoms. The number of hydrogen-bond acceptors (Lipinski definition) is 5. The number of nitrogens with zero attached hydrogens (tertiary/aromatic N) is 3. The van der Waals surface area contributed by atoms with E-state index in [1.165, 1.54) is 4.68 Å². The first-order valence-electron chi connectivity index (χ1n) is 5.11. The number of hydrogen-bond donors (Lipinski definition) is 3. The zero-order valence-corrected chi connectivity index (χ0v) is 9.40. The van der Waals surface area contributed by atoms with Gasteiger partial charge in [-0.15, -0.1) is 10.2 Å². The van der Waals surface area contributed by atoms with Gasteiger partial charge >= 0.3 is 0 Å². The molecule has 1 aromatic heterocycles. The molecule has 0 saturated heterocycles. The van der Waals surface area contributed by atoms with Crippen molar-refractivity contribution in [3.63, 3.8) is 0 Å². The van der Waals surface area contributed by atoms with Crippen molar-refractivity contribution in [2.24, 2.45) is 11.1 Å². The van der Waals surface area contributed by atoms with Gasteiger partial charge in [-0.2, -0.15) is 0 Å². The van der Waals surface area contributed by atoms with E-state index in [1.807, 2.05) is 0 Å². The molecule has 0 atom stereocenters. The highest BCUT2D eigenvalue weighted by atomic mass is 15.4. The van der Waals surface area contributed by atoms with Gasteiger partial charge in [0.25, 0.3) is 0 Å². The van der Waals surface area contributed by atoms with Crippen LogP contribution in [0.3, 0.4) is 0 Å². The molecule has 0 saturated carbocycles. The smallest absolute Gasteiger partial charge is 0.240 e. The van der Waals surface area contributed by atoms with Crippen molar-refractivity contribution in [2.75, 3.05) is 18.1 Å². The van der Waals surface area contributed by atoms with E-state index < -0.39 is 0 Å². The van der Waals surface area contributed by atoms with E-state index in [0.29, 0.717) is 6.54 Å². The summed E-state index contributed by atoms with van der Waals surface area (Å²) in [4.78, 5) is 0. The molecule has 6 N–H and O–H groups in total. The average molecular weight is 212 g/mol. The van der Waals surface area contributed by atoms with Crippen molar-refractivity contribution in [1.29, 1.82) is 0 Å². The molecule has 0 bridgehead atoms. The first kappa shape index (κ1) is 11.8. The van der Waals surface area contributed by atoms with Gasteiger partial charge in [0.15, 0.2) is 5.82 Å². The van der Waals surface area contributed by atoms with Crippen LogP contribution >= 0.6 is 0 Å². The number of nitrogens with two attached hydrogens (primary N) is 3. The number of anilines is 1. The molecule has 0 unspecified atom stereocenters. The average Bonchev–Trinajstić information content (AvgIpc) is 2.45. The van der Waals surface area contributed by atoms with E-state index in [9.17, 15) is 0 Å². The van der Waals surface area contributed by atoms with Crippen LogP contribution in [-0.2, 0) is 6.42 Å². The van der Waals surface area contributed by atoms with Gasteiger partial charge in [-0.05, 0) is 24.8 Å². The normalized spacial score (nSPS) is 11.9. The van der Waals surface area contributed by atoms with Crippen LogP contribution in [0.25, 0.3) is 0 Å². The van der Waals surface area contributed by atoms with Gasteiger partial charge in [0.1, 0.15) is 0 Å². The summed E-state index contributed by atoms with van der Waals surface area (Å²) < 4.78 is 1.33. The summed E-state index contributed by atoms with van der Waals surface area (Å²) >= 11 is 0. The zero-order chi connectivity index (χ0) is 11.5. The summed E-state index contributed by atoms with van der Waals surface area (Å²) in [5.74, 6) is 6.62. The molecule has 0 aromatic carbocycles. The number of rotatable bonds is 5. The van der Waals surface area contributed by atoms with E-state index in [4.69, 9.17) is 17.3 Å². The minimum absolute atomic E-state index is 0.204. The Kier molecular flexibility index (Phi) is 3.52. The lowest BCUT2D eigenvalue weighted by molar-refractivity contribution is 0.310. The number of aromatic nitrogens is 3. The minimum Gasteiger partial charge on any atom is -0.366 e. The van der Waals surface area contributed by atoms with Crippen molar-refractivity contribution in [3.8, 4) is 0 Å². The summed E-state index contributed by atoms with van der Waals surface area (Å²) in [6, 6.07) is 0. The molecule has 0 fully saturated rings. The van der Waals surface area contributed by atoms with Gasteiger partial charge in [-0.1, -0.05) is 13.8 Å². The van der Waals surface area contributed by atoms with E-state index >= 15 is 0 Å². The fourth-order valence-electron chi connectivity index (χ4n) is 1.47. The molecule has 1 heterocycles. The largest absolute Gasteiger partial charge is 0.366 e. The third kappa shape index (κ3) is 3.09. The first-order valence-corrected chi connectivity index (χ1v) is 5.11. The quantitative estimate of drug-likeness (QED) is 0.590. The molecule has 6 heteroatoms. The van der Waals surface area contributed by atoms with Crippen LogP contribution in [0.4, 0.5) is 5.95 Å². The topological polar surface area (TPSA) is 109 Å². The second-order valence-corrected chi connectivity index (χ2v) is 4.55. The highest BCUT2D eigenvalue weighted by Gasteiger charge is 2.18. The highest BCUT2D eigenvalue weighted by molar-refractivity contribution is 5.17. The molecular formula is C9H20N6. The SMILES string of the molecule is CC(C)(CCN)CCc1nnc(N)n1N. The van der Waals surface area contributed by atoms with Gasteiger partial charge < -0.3 is 17.3 Å². The van der Waals surface area contributed by atoms with Crippen molar-refractivity contribution in [2.45, 2.75) is 33.1 Å². The van der Waals surface area contributed by atoms with Crippen molar-refractivity contribution < 1.29 is 0 Å². The number of aryl methyl sites for hydroxylation is 1. The molecule has 1 aromatic rings. The third-order valence-corrected chi connectivity index (χ3v) is 2.64. The van der Waals surface area contributed by atoms with Crippen LogP contribution in [0, 0.1) is 5.41 Å². The maximum atomic E-state index is 5.65. The fraction of sp³-hybridized carbons (Fsp3) is 0.778. The lowest BCUT2D eigenvalue weighted by Gasteiger charge is -2.23. The lowest BCUT2D eigenvalue weighted by Crippen LogP contribution is -2.20. The summed E-state index contributed by atoms with van der Waals surface area (Å²) in [7, 11) is 0. The minimum atomic E-state index is 0.204. The summed E-state index contributed by atoms with van der Waals surface area (Å²) in [5.41, 5.74) is 11.2. The Balaban J connectivity index is 2.53. The van der Waals surface area contributed by atoms with Crippen LogP contribution in [0.2, 0.25) is 0 Å². The zero-order valence-electron chi connectivity index (χ0n) is 9.40. The second kappa shape index (κ2) is 4.48. The van der Waals surface area contributed by atoms with Crippen molar-refractivity contribution in [3.05, 3.63) is 5.82 Å². The molecule has 0 amide bonds. The second-order valence-electron chi connectivity index (χ2n) is 4.55. The van der Waals surface area contributed by atoms with E-state index in [2.05, 4.69) is 24.0 Å². The van der Waals surface area contributed by atoms with Crippen LogP contribution < -0.4 is 17.3 Å². The lowest BCUT2D eigenvalue weighted by atomic mass is 9.84. The van der Waals surface area contributed by atoms with Crippen LogP contribution in [0.15, 0.2) is 0 Å². The molecule has 6 nitrogen and oxygen atoms in total. The predicted octanol–water partition coefficient (Wildman–Crippen LogP) is -0.118. The first-order chi connectivity index (χ1) is 6.96. The monoisotopic (exact) mass is 212 g/mol. The Morgan fingerprint density at radius 2 is 1.93 bits per heavy atom. The molecule has 15 heavy (non-hydrogen) atoms. The van der Waals surface area contributed by atoms with Crippen LogP contribution in [0.1, 0.15) is 32.5 Å². The molecular weight excluding hydrogens is 192 g/mol. The van der Waals surface area contributed by atoms with E-state index in [0.717, 1.165) is 25.1 Å². The van der Waals surface area contributed by atoms with Crippen LogP contribution in [0.5, 0.6) is 0 Å². The van der Waals surface area contributed by atoms with Gasteiger partial charge in [-0.3, -0.25) is 0 Å². The summed E-state index contributed by atoms with van der Waals surface area (Å²) in [6.45, 7) is 5.06. The van der Waals surface area contributed by atoms with E-state index in [1.54, 1.807) is 0 Å². The summed E-state index contributed by atoms with van der Waals surface area (Å²) in [6.07, 6.45) is 2.73. The molecule has 0 radical (unpaired) electrons. The van der Waals surface area contributed by atoms with Gasteiger partial charge in [0.2, 0.25) is 5.95 Å². The van der Waals surface area contributed by atoms with E-state index in [-0.39, 0.29) is 11.4 Å². The Bertz CT molecular complexity index is 316. The van der Waals surface area contributed by atoms with Gasteiger partial charge in [0, 0.05) is 6.42 Å². The molecule has 1 rings (SSSR count). The number of nitrogen functional groups attached to an aromatic ring is 2. The third-order valence-electron chi connectivity index (χ3n) is 2.64. The Hall–Kier alpha value is -1.30. The predicted molar refractivity (Wildman–Crippen MR) is 60.4 cm³/mol. The summed E-state index contributed by atoms with van der Waals surface area (Å²) in [5, 5.41) is 7.61. The van der Waals surface area contributed by atoms with Crippen LogP contribution in [-0.4, -0.2) is 21.4 Å². The maximum absolute atomic E-state index is 5.65. The van der Waals surface area contributed by atoms with Crippen molar-refractivity contribution in [1.82, 2.24) is 14.9 Å². The standard InChI is InChI=1S/C9H20N6/c1-9(2,5-6-10)4-3-7-13-14-8(11)15(7)12/h3-6,10,12H2,1-2H3,(H2,11,14). The Morgan fingerprint density at radius 3 is 2.40 bits per heavy atom. The molecule has 0 aliphatic carbocycles. The highest BCUT2D eigenvalue weighted by Crippen LogP contribution is 2.25. The molecule has 0 aliphatic heterocycles. The Morgan fingerprint density at radius 1 is 1.27 bits per heavy atom. The fourth-order valence-corrected chi connectivity index (χ4v) is 1.47. The van der Waals surface area contributed by atoms with Crippen molar-refractivity contribution >= 4 is 5.95 Å². The maximum Gasteiger partial charge on any atom is 0.240 e. The molecule has 86 valence electrons. The molecule has 0 aliphatic rings. The Labute approximate surface area is 89.8 Å². The van der Waals surface area contributed by atoms with Gasteiger partial charge in [0.05, 0.1) is 0 Å².